The van der Waals surface area contributed by atoms with E-state index in [0.29, 0.717) is 57.3 Å². The number of thiophene rings is 1. The van der Waals surface area contributed by atoms with E-state index in [4.69, 9.17) is 29.5 Å². The average Bonchev–Trinajstić information content (AvgIpc) is 3.77. The van der Waals surface area contributed by atoms with Gasteiger partial charge in [0, 0.05) is 50.5 Å². The Bertz CT molecular complexity index is 2110. The molecular formula is C41H49F2N5O3S. The molecule has 0 unspecified atom stereocenters. The lowest BCUT2D eigenvalue weighted by atomic mass is 9.88. The van der Waals surface area contributed by atoms with E-state index in [1.807, 2.05) is 45.2 Å². The molecule has 52 heavy (non-hydrogen) atoms. The minimum absolute atomic E-state index is 0.219. The first-order chi connectivity index (χ1) is 25.4. The summed E-state index contributed by atoms with van der Waals surface area (Å²) < 4.78 is 42.2. The smallest absolute Gasteiger partial charge is 0.319 e. The molecule has 8 rings (SSSR count). The molecular weight excluding hydrogens is 681 g/mol. The maximum atomic E-state index is 15.4. The Kier molecular flexibility index (Phi) is 11.8. The Morgan fingerprint density at radius 3 is 2.69 bits per heavy atom. The van der Waals surface area contributed by atoms with Crippen molar-refractivity contribution in [1.82, 2.24) is 19.9 Å². The van der Waals surface area contributed by atoms with Gasteiger partial charge in [0.1, 0.15) is 23.1 Å². The third-order valence-electron chi connectivity index (χ3n) is 10.4. The molecule has 1 atom stereocenters. The number of pyridine rings is 1. The van der Waals surface area contributed by atoms with Crippen LogP contribution in [-0.4, -0.2) is 83.6 Å². The van der Waals surface area contributed by atoms with Crippen LogP contribution >= 0.6 is 11.3 Å². The van der Waals surface area contributed by atoms with E-state index < -0.39 is 0 Å². The summed E-state index contributed by atoms with van der Waals surface area (Å²) in [6, 6.07) is 7.88. The Labute approximate surface area is 308 Å². The van der Waals surface area contributed by atoms with Crippen LogP contribution < -0.4 is 9.64 Å². The summed E-state index contributed by atoms with van der Waals surface area (Å²) in [5.74, 6) is 0.599. The van der Waals surface area contributed by atoms with Crippen LogP contribution in [0.15, 0.2) is 48.9 Å². The average molecular weight is 730 g/mol. The minimum atomic E-state index is -0.232. The van der Waals surface area contributed by atoms with Crippen molar-refractivity contribution in [2.75, 3.05) is 58.0 Å². The summed E-state index contributed by atoms with van der Waals surface area (Å²) in [6.45, 7) is 17.0. The van der Waals surface area contributed by atoms with Gasteiger partial charge in [-0.25, -0.2) is 8.78 Å². The van der Waals surface area contributed by atoms with Crippen LogP contribution in [0.1, 0.15) is 63.1 Å². The maximum Gasteiger partial charge on any atom is 0.319 e. The van der Waals surface area contributed by atoms with Crippen molar-refractivity contribution in [3.8, 4) is 17.3 Å². The van der Waals surface area contributed by atoms with E-state index in [2.05, 4.69) is 29.4 Å². The lowest BCUT2D eigenvalue weighted by molar-refractivity contribution is 0.108. The van der Waals surface area contributed by atoms with Crippen molar-refractivity contribution in [3.05, 3.63) is 71.5 Å². The number of aromatic nitrogens is 3. The number of halogens is 2. The highest BCUT2D eigenvalue weighted by atomic mass is 32.1. The monoisotopic (exact) mass is 729 g/mol. The standard InChI is InChI=1S/C38H39F2N5O2S.C2H6.CH4O/c1-4-26-23(3)18-25-8-9-29(40)27(5-2)30(25)31(26)33-34-28(10-12-41-33)32-35(44-13-7-16-46-17-15-44)42-37(43-36(32)48-34)47-22-38-11-6-14-45(38)21-24(19-38)20-39;2*1-2/h4,8-10,12,18,20H,1,5-7,11,13-17,19,21-22H2,2-3H3;1-2H3;2H,1H3/b24-20-;;/t38-;;/m0../s1. The molecule has 6 heterocycles. The largest absolute Gasteiger partial charge is 0.461 e. The zero-order valence-electron chi connectivity index (χ0n) is 30.9. The number of nitrogens with zero attached hydrogens (tertiary/aromatic N) is 5. The number of aryl methyl sites for hydroxylation is 2. The van der Waals surface area contributed by atoms with Crippen LogP contribution in [0.4, 0.5) is 14.6 Å². The summed E-state index contributed by atoms with van der Waals surface area (Å²) in [5, 5.41) is 10.8. The molecule has 0 saturated carbocycles. The molecule has 3 fully saturated rings. The van der Waals surface area contributed by atoms with Crippen LogP contribution in [0.5, 0.6) is 6.01 Å². The van der Waals surface area contributed by atoms with Gasteiger partial charge in [-0.05, 0) is 90.7 Å². The molecule has 8 nitrogen and oxygen atoms in total. The minimum Gasteiger partial charge on any atom is -0.461 e. The fourth-order valence-corrected chi connectivity index (χ4v) is 9.35. The van der Waals surface area contributed by atoms with Crippen molar-refractivity contribution >= 4 is 54.3 Å². The number of aliphatic hydroxyl groups excluding tert-OH is 1. The van der Waals surface area contributed by atoms with Crippen molar-refractivity contribution in [3.63, 3.8) is 0 Å². The molecule has 11 heteroatoms. The summed E-state index contributed by atoms with van der Waals surface area (Å²) in [6.07, 6.45) is 8.57. The Morgan fingerprint density at radius 2 is 1.92 bits per heavy atom. The van der Waals surface area contributed by atoms with Gasteiger partial charge < -0.3 is 19.5 Å². The molecule has 0 aliphatic carbocycles. The van der Waals surface area contributed by atoms with Crippen LogP contribution in [0.2, 0.25) is 0 Å². The number of hydrogen-bond acceptors (Lipinski definition) is 9. The molecule has 5 aromatic rings. The summed E-state index contributed by atoms with van der Waals surface area (Å²) in [7, 11) is 1.00. The lowest BCUT2D eigenvalue weighted by Gasteiger charge is -2.31. The first-order valence-electron chi connectivity index (χ1n) is 18.3. The molecule has 0 spiro atoms. The second kappa shape index (κ2) is 16.3. The Morgan fingerprint density at radius 1 is 1.10 bits per heavy atom. The maximum absolute atomic E-state index is 15.4. The van der Waals surface area contributed by atoms with Crippen molar-refractivity contribution in [1.29, 1.82) is 0 Å². The Hall–Kier alpha value is -4.03. The van der Waals surface area contributed by atoms with Gasteiger partial charge in [-0.2, -0.15) is 9.97 Å². The third-order valence-corrected chi connectivity index (χ3v) is 11.6. The number of benzene rings is 2. The van der Waals surface area contributed by atoms with Gasteiger partial charge in [0.15, 0.2) is 0 Å². The Balaban J connectivity index is 0.00000112. The molecule has 3 aliphatic heterocycles. The fourth-order valence-electron chi connectivity index (χ4n) is 8.20. The fraction of sp³-hybridized carbons (Fsp3) is 0.439. The number of fused-ring (bicyclic) bond motifs is 5. The van der Waals surface area contributed by atoms with E-state index >= 15 is 4.39 Å². The van der Waals surface area contributed by atoms with Gasteiger partial charge in [-0.1, -0.05) is 45.6 Å². The second-order valence-corrected chi connectivity index (χ2v) is 14.2. The summed E-state index contributed by atoms with van der Waals surface area (Å²) in [5.41, 5.74) is 4.93. The zero-order chi connectivity index (χ0) is 37.0. The normalized spacial score (nSPS) is 19.7. The number of rotatable bonds is 7. The van der Waals surface area contributed by atoms with Gasteiger partial charge in [0.2, 0.25) is 0 Å². The lowest BCUT2D eigenvalue weighted by Crippen LogP contribution is -2.43. The van der Waals surface area contributed by atoms with Crippen LogP contribution in [-0.2, 0) is 11.2 Å². The van der Waals surface area contributed by atoms with E-state index in [1.165, 1.54) is 0 Å². The number of hydrogen-bond donors (Lipinski definition) is 1. The van der Waals surface area contributed by atoms with Gasteiger partial charge in [-0.15, -0.1) is 11.3 Å². The van der Waals surface area contributed by atoms with Crippen LogP contribution in [0.25, 0.3) is 48.4 Å². The molecule has 3 saturated heterocycles. The van der Waals surface area contributed by atoms with Crippen molar-refractivity contribution in [2.45, 2.75) is 65.3 Å². The highest BCUT2D eigenvalue weighted by Gasteiger charge is 2.47. The van der Waals surface area contributed by atoms with E-state index in [1.54, 1.807) is 17.4 Å². The molecule has 2 aromatic carbocycles. The van der Waals surface area contributed by atoms with Gasteiger partial charge >= 0.3 is 6.01 Å². The van der Waals surface area contributed by atoms with E-state index in [0.717, 1.165) is 111 Å². The number of ether oxygens (including phenoxy) is 2. The summed E-state index contributed by atoms with van der Waals surface area (Å²) in [4.78, 5) is 20.5. The summed E-state index contributed by atoms with van der Waals surface area (Å²) >= 11 is 1.56. The predicted molar refractivity (Wildman–Crippen MR) is 210 cm³/mol. The quantitative estimate of drug-likeness (QED) is 0.178. The van der Waals surface area contributed by atoms with E-state index in [-0.39, 0.29) is 11.4 Å². The second-order valence-electron chi connectivity index (χ2n) is 13.2. The molecule has 0 bridgehead atoms. The zero-order valence-corrected chi connectivity index (χ0v) is 31.7. The molecule has 3 aliphatic rings. The molecule has 3 aromatic heterocycles. The third kappa shape index (κ3) is 6.68. The number of anilines is 1. The first-order valence-corrected chi connectivity index (χ1v) is 19.2. The predicted octanol–water partition coefficient (Wildman–Crippen LogP) is 9.04. The first kappa shape index (κ1) is 37.7. The SMILES string of the molecule is C=Cc1c(C)cc2ccc(F)c(CC)c2c1-c1nccc2c1sc1nc(OC[C@@]34CCCN3C/C(=C\F)C4)nc(N3CCCOCC3)c12.CC.CO. The molecule has 276 valence electrons. The van der Waals surface area contributed by atoms with Gasteiger partial charge in [0.05, 0.1) is 34.3 Å². The highest BCUT2D eigenvalue weighted by Crippen LogP contribution is 2.47. The van der Waals surface area contributed by atoms with E-state index in [9.17, 15) is 4.39 Å². The molecule has 1 N–H and O–H groups in total. The topological polar surface area (TPSA) is 83.8 Å². The highest BCUT2D eigenvalue weighted by molar-refractivity contribution is 7.26. The molecule has 0 radical (unpaired) electrons. The molecule has 0 amide bonds. The van der Waals surface area contributed by atoms with Crippen molar-refractivity contribution < 1.29 is 23.4 Å². The van der Waals surface area contributed by atoms with Gasteiger partial charge in [-0.3, -0.25) is 9.88 Å². The van der Waals surface area contributed by atoms with Crippen LogP contribution in [0.3, 0.4) is 0 Å². The number of aliphatic hydroxyl groups is 1. The van der Waals surface area contributed by atoms with Crippen molar-refractivity contribution in [2.24, 2.45) is 0 Å². The van der Waals surface area contributed by atoms with Gasteiger partial charge in [0.25, 0.3) is 0 Å². The van der Waals surface area contributed by atoms with Crippen LogP contribution in [0, 0.1) is 12.7 Å².